The van der Waals surface area contributed by atoms with E-state index in [0.29, 0.717) is 27.8 Å². The van der Waals surface area contributed by atoms with Gasteiger partial charge in [-0.05, 0) is 42.5 Å². The van der Waals surface area contributed by atoms with Crippen LogP contribution >= 0.6 is 0 Å². The molecule has 0 unspecified atom stereocenters. The van der Waals surface area contributed by atoms with E-state index in [1.165, 1.54) is 0 Å². The fraction of sp³-hybridized carbons (Fsp3) is 0.0476. The molecular weight excluding hydrogens is 370 g/mol. The number of carbonyl (C=O) groups is 2. The summed E-state index contributed by atoms with van der Waals surface area (Å²) in [6, 6.07) is 17.0. The molecule has 0 aliphatic carbocycles. The van der Waals surface area contributed by atoms with Crippen molar-refractivity contribution in [2.24, 2.45) is 0 Å². The van der Waals surface area contributed by atoms with Gasteiger partial charge in [-0.2, -0.15) is 0 Å². The molecule has 144 valence electrons. The van der Waals surface area contributed by atoms with Gasteiger partial charge in [0.25, 0.3) is 11.8 Å². The lowest BCUT2D eigenvalue weighted by Crippen LogP contribution is -2.25. The summed E-state index contributed by atoms with van der Waals surface area (Å²) in [4.78, 5) is 46.1. The molecule has 0 aliphatic heterocycles. The number of amides is 2. The van der Waals surface area contributed by atoms with E-state index in [9.17, 15) is 14.4 Å². The first-order valence-electron chi connectivity index (χ1n) is 8.91. The van der Waals surface area contributed by atoms with Crippen LogP contribution in [-0.2, 0) is 6.54 Å². The van der Waals surface area contributed by atoms with Crippen molar-refractivity contribution >= 4 is 28.5 Å². The van der Waals surface area contributed by atoms with Crippen LogP contribution in [0, 0.1) is 0 Å². The number of fused-ring (bicyclic) bond motifs is 1. The van der Waals surface area contributed by atoms with Crippen LogP contribution in [0.1, 0.15) is 26.4 Å². The van der Waals surface area contributed by atoms with E-state index in [2.05, 4.69) is 25.6 Å². The van der Waals surface area contributed by atoms with Gasteiger partial charge in [0.2, 0.25) is 0 Å². The molecule has 4 rings (SSSR count). The third-order valence-electron chi connectivity index (χ3n) is 4.35. The number of aromatic amines is 2. The highest BCUT2D eigenvalue weighted by Gasteiger charge is 2.15. The number of rotatable bonds is 5. The summed E-state index contributed by atoms with van der Waals surface area (Å²) in [5, 5.41) is 5.56. The first kappa shape index (κ1) is 18.2. The molecule has 29 heavy (non-hydrogen) atoms. The Morgan fingerprint density at radius 1 is 0.897 bits per heavy atom. The summed E-state index contributed by atoms with van der Waals surface area (Å²) in [5.41, 5.74) is 2.62. The second-order valence-electron chi connectivity index (χ2n) is 6.34. The lowest BCUT2D eigenvalue weighted by atomic mass is 10.1. The molecule has 0 spiro atoms. The van der Waals surface area contributed by atoms with Crippen molar-refractivity contribution in [3.05, 3.63) is 94.2 Å². The Morgan fingerprint density at radius 2 is 1.69 bits per heavy atom. The van der Waals surface area contributed by atoms with Crippen molar-refractivity contribution in [1.29, 1.82) is 0 Å². The molecule has 0 saturated heterocycles. The molecule has 0 saturated carbocycles. The fourth-order valence-electron chi connectivity index (χ4n) is 2.93. The highest BCUT2D eigenvalue weighted by molar-refractivity contribution is 6.09. The molecule has 0 aliphatic rings. The van der Waals surface area contributed by atoms with E-state index < -0.39 is 0 Å². The van der Waals surface area contributed by atoms with Crippen LogP contribution in [0.4, 0.5) is 5.69 Å². The van der Waals surface area contributed by atoms with E-state index in [-0.39, 0.29) is 24.0 Å². The fourth-order valence-corrected chi connectivity index (χ4v) is 2.93. The Bertz CT molecular complexity index is 1240. The number of para-hydroxylation sites is 1. The number of anilines is 1. The van der Waals surface area contributed by atoms with Crippen molar-refractivity contribution in [3.8, 4) is 0 Å². The Labute approximate surface area is 165 Å². The summed E-state index contributed by atoms with van der Waals surface area (Å²) in [6.45, 7) is 0.277. The molecule has 2 aromatic carbocycles. The van der Waals surface area contributed by atoms with E-state index in [1.807, 2.05) is 12.1 Å². The molecule has 8 heteroatoms. The maximum atomic E-state index is 12.7. The molecule has 0 bridgehead atoms. The third kappa shape index (κ3) is 4.06. The zero-order valence-corrected chi connectivity index (χ0v) is 15.2. The van der Waals surface area contributed by atoms with E-state index in [1.54, 1.807) is 54.7 Å². The Hall–Kier alpha value is -4.20. The highest BCUT2D eigenvalue weighted by Crippen LogP contribution is 2.18. The lowest BCUT2D eigenvalue weighted by Gasteiger charge is -2.11. The normalized spacial score (nSPS) is 10.6. The first-order chi connectivity index (χ1) is 14.1. The number of nitrogens with zero attached hydrogens (tertiary/aromatic N) is 1. The number of H-pyrrole nitrogens is 2. The van der Waals surface area contributed by atoms with Gasteiger partial charge >= 0.3 is 5.69 Å². The number of hydrogen-bond acceptors (Lipinski definition) is 4. The van der Waals surface area contributed by atoms with E-state index >= 15 is 0 Å². The zero-order chi connectivity index (χ0) is 20.2. The summed E-state index contributed by atoms with van der Waals surface area (Å²) < 4.78 is 0. The largest absolute Gasteiger partial charge is 0.346 e. The summed E-state index contributed by atoms with van der Waals surface area (Å²) in [6.07, 6.45) is 1.66. The highest BCUT2D eigenvalue weighted by atomic mass is 16.2. The Balaban J connectivity index is 1.51. The van der Waals surface area contributed by atoms with Gasteiger partial charge in [-0.1, -0.05) is 18.2 Å². The van der Waals surface area contributed by atoms with Crippen LogP contribution in [0.15, 0.2) is 71.7 Å². The topological polar surface area (TPSA) is 120 Å². The van der Waals surface area contributed by atoms with Crippen molar-refractivity contribution in [2.75, 3.05) is 5.32 Å². The molecule has 0 fully saturated rings. The molecule has 4 N–H and O–H groups in total. The van der Waals surface area contributed by atoms with E-state index in [4.69, 9.17) is 0 Å². The minimum absolute atomic E-state index is 0.277. The van der Waals surface area contributed by atoms with Gasteiger partial charge in [0.15, 0.2) is 0 Å². The van der Waals surface area contributed by atoms with Crippen LogP contribution in [0.25, 0.3) is 11.0 Å². The van der Waals surface area contributed by atoms with Crippen LogP contribution in [0.5, 0.6) is 0 Å². The number of carbonyl (C=O) groups excluding carboxylic acids is 2. The average molecular weight is 387 g/mol. The minimum Gasteiger partial charge on any atom is -0.346 e. The number of aromatic nitrogens is 3. The summed E-state index contributed by atoms with van der Waals surface area (Å²) in [5.74, 6) is -0.712. The second-order valence-corrected chi connectivity index (χ2v) is 6.34. The average Bonchev–Trinajstić information content (AvgIpc) is 3.12. The second kappa shape index (κ2) is 7.81. The predicted octanol–water partition coefficient (Wildman–Crippen LogP) is 2.43. The number of hydrogen-bond donors (Lipinski definition) is 4. The lowest BCUT2D eigenvalue weighted by molar-refractivity contribution is 0.0951. The molecule has 2 amide bonds. The quantitative estimate of drug-likeness (QED) is 0.420. The van der Waals surface area contributed by atoms with Gasteiger partial charge in [0.05, 0.1) is 34.5 Å². The van der Waals surface area contributed by atoms with Gasteiger partial charge in [-0.15, -0.1) is 0 Å². The minimum atomic E-state index is -0.390. The molecule has 2 aromatic heterocycles. The smallest absolute Gasteiger partial charge is 0.323 e. The van der Waals surface area contributed by atoms with Crippen LogP contribution in [-0.4, -0.2) is 26.8 Å². The van der Waals surface area contributed by atoms with E-state index in [0.717, 1.165) is 5.69 Å². The van der Waals surface area contributed by atoms with Gasteiger partial charge in [-0.25, -0.2) is 4.79 Å². The number of benzene rings is 2. The SMILES string of the molecule is O=C(Nc1ccccc1C(=O)NCc1ccccn1)c1ccc2[nH]c(=O)[nH]c2c1. The van der Waals surface area contributed by atoms with Crippen LogP contribution in [0.3, 0.4) is 0 Å². The predicted molar refractivity (Wildman–Crippen MR) is 109 cm³/mol. The Kier molecular flexibility index (Phi) is 4.90. The third-order valence-corrected chi connectivity index (χ3v) is 4.35. The molecule has 0 radical (unpaired) electrons. The zero-order valence-electron chi connectivity index (χ0n) is 15.2. The van der Waals surface area contributed by atoms with Crippen LogP contribution < -0.4 is 16.3 Å². The molecule has 4 aromatic rings. The summed E-state index contributed by atoms with van der Waals surface area (Å²) in [7, 11) is 0. The maximum absolute atomic E-state index is 12.7. The number of nitrogens with one attached hydrogen (secondary N) is 4. The van der Waals surface area contributed by atoms with Gasteiger partial charge < -0.3 is 20.6 Å². The van der Waals surface area contributed by atoms with Crippen molar-refractivity contribution in [2.45, 2.75) is 6.54 Å². The molecule has 0 atom stereocenters. The standard InChI is InChI=1S/C21H17N5O3/c27-19(13-8-9-17-18(11-13)26-21(29)25-17)24-16-7-2-1-6-15(16)20(28)23-12-14-5-3-4-10-22-14/h1-11H,12H2,(H,23,28)(H,24,27)(H2,25,26,29). The number of imidazole rings is 1. The monoisotopic (exact) mass is 387 g/mol. The maximum Gasteiger partial charge on any atom is 0.323 e. The van der Waals surface area contributed by atoms with Crippen molar-refractivity contribution < 1.29 is 9.59 Å². The van der Waals surface area contributed by atoms with Gasteiger partial charge in [-0.3, -0.25) is 14.6 Å². The molecule has 8 nitrogen and oxygen atoms in total. The first-order valence-corrected chi connectivity index (χ1v) is 8.91. The molecular formula is C21H17N5O3. The van der Waals surface area contributed by atoms with Gasteiger partial charge in [0.1, 0.15) is 0 Å². The van der Waals surface area contributed by atoms with Crippen molar-refractivity contribution in [1.82, 2.24) is 20.3 Å². The Morgan fingerprint density at radius 3 is 2.52 bits per heavy atom. The summed E-state index contributed by atoms with van der Waals surface area (Å²) >= 11 is 0. The van der Waals surface area contributed by atoms with Gasteiger partial charge in [0, 0.05) is 11.8 Å². The molecule has 2 heterocycles. The van der Waals surface area contributed by atoms with Crippen molar-refractivity contribution in [3.63, 3.8) is 0 Å². The van der Waals surface area contributed by atoms with Crippen LogP contribution in [0.2, 0.25) is 0 Å². The number of pyridine rings is 1.